The molecule has 3 rings (SSSR count). The maximum absolute atomic E-state index is 12.5. The quantitative estimate of drug-likeness (QED) is 0.572. The summed E-state index contributed by atoms with van der Waals surface area (Å²) in [7, 11) is 0. The van der Waals surface area contributed by atoms with Crippen LogP contribution in [0.15, 0.2) is 46.9 Å². The lowest BCUT2D eigenvalue weighted by Gasteiger charge is -2.15. The number of carbonyl (C=O) groups is 1. The molecule has 0 spiro atoms. The van der Waals surface area contributed by atoms with Crippen LogP contribution in [0.3, 0.4) is 0 Å². The summed E-state index contributed by atoms with van der Waals surface area (Å²) in [6.07, 6.45) is 3.86. The van der Waals surface area contributed by atoms with Crippen LogP contribution >= 0.6 is 0 Å². The number of hydrogen-bond acceptors (Lipinski definition) is 3. The number of anilines is 1. The Balaban J connectivity index is 1.80. The fraction of sp³-hybridized carbons (Fsp3) is 0.364. The van der Waals surface area contributed by atoms with E-state index in [2.05, 4.69) is 31.1 Å². The van der Waals surface area contributed by atoms with Gasteiger partial charge in [0.1, 0.15) is 5.52 Å². The monoisotopic (exact) mass is 350 g/mol. The zero-order valence-corrected chi connectivity index (χ0v) is 15.7. The summed E-state index contributed by atoms with van der Waals surface area (Å²) in [6.45, 7) is 6.28. The molecule has 1 N–H and O–H groups in total. The van der Waals surface area contributed by atoms with Crippen molar-refractivity contribution in [2.45, 2.75) is 46.5 Å². The average molecular weight is 350 g/mol. The highest BCUT2D eigenvalue weighted by atomic mass is 16.3. The van der Waals surface area contributed by atoms with E-state index in [-0.39, 0.29) is 11.8 Å². The average Bonchev–Trinajstić information content (AvgIpc) is 3.05. The van der Waals surface area contributed by atoms with Crippen LogP contribution in [-0.4, -0.2) is 10.9 Å². The van der Waals surface area contributed by atoms with Gasteiger partial charge in [-0.1, -0.05) is 44.4 Å². The lowest BCUT2D eigenvalue weighted by atomic mass is 9.97. The Hall–Kier alpha value is -2.62. The molecule has 4 heteroatoms. The Labute approximate surface area is 154 Å². The Kier molecular flexibility index (Phi) is 5.71. The fourth-order valence-electron chi connectivity index (χ4n) is 3.17. The SMILES string of the molecule is CCCC(CCC)C(=O)Nc1ccc2nc(-c3ccc(C)cc3)oc2c1. The van der Waals surface area contributed by atoms with Crippen molar-refractivity contribution in [1.82, 2.24) is 4.98 Å². The topological polar surface area (TPSA) is 55.1 Å². The number of oxazole rings is 1. The molecule has 0 aliphatic heterocycles. The third-order valence-corrected chi connectivity index (χ3v) is 4.60. The normalized spacial score (nSPS) is 11.2. The highest BCUT2D eigenvalue weighted by molar-refractivity contribution is 5.94. The maximum atomic E-state index is 12.5. The minimum Gasteiger partial charge on any atom is -0.436 e. The Morgan fingerprint density at radius 3 is 2.42 bits per heavy atom. The molecule has 0 saturated heterocycles. The molecular formula is C22H26N2O2. The van der Waals surface area contributed by atoms with E-state index in [1.165, 1.54) is 5.56 Å². The molecule has 1 amide bonds. The van der Waals surface area contributed by atoms with E-state index in [0.29, 0.717) is 11.5 Å². The van der Waals surface area contributed by atoms with Gasteiger partial charge in [-0.05, 0) is 44.0 Å². The first-order chi connectivity index (χ1) is 12.6. The lowest BCUT2D eigenvalue weighted by molar-refractivity contribution is -0.120. The summed E-state index contributed by atoms with van der Waals surface area (Å²) in [5, 5.41) is 3.03. The summed E-state index contributed by atoms with van der Waals surface area (Å²) in [4.78, 5) is 17.1. The van der Waals surface area contributed by atoms with Crippen molar-refractivity contribution in [3.05, 3.63) is 48.0 Å². The van der Waals surface area contributed by atoms with Gasteiger partial charge in [-0.25, -0.2) is 4.98 Å². The third-order valence-electron chi connectivity index (χ3n) is 4.60. The number of carbonyl (C=O) groups excluding carboxylic acids is 1. The maximum Gasteiger partial charge on any atom is 0.227 e. The summed E-state index contributed by atoms with van der Waals surface area (Å²) in [5.41, 5.74) is 4.37. The molecule has 1 aromatic heterocycles. The van der Waals surface area contributed by atoms with Crippen LogP contribution in [0.4, 0.5) is 5.69 Å². The van der Waals surface area contributed by atoms with E-state index in [0.717, 1.165) is 42.5 Å². The first-order valence-corrected chi connectivity index (χ1v) is 9.39. The summed E-state index contributed by atoms with van der Waals surface area (Å²) in [5.74, 6) is 0.753. The van der Waals surface area contributed by atoms with E-state index < -0.39 is 0 Å². The van der Waals surface area contributed by atoms with Gasteiger partial charge in [-0.3, -0.25) is 4.79 Å². The van der Waals surface area contributed by atoms with Gasteiger partial charge >= 0.3 is 0 Å². The number of hydrogen-bond donors (Lipinski definition) is 1. The largest absolute Gasteiger partial charge is 0.436 e. The van der Waals surface area contributed by atoms with Crippen molar-refractivity contribution < 1.29 is 9.21 Å². The van der Waals surface area contributed by atoms with Crippen LogP contribution in [0.25, 0.3) is 22.6 Å². The second-order valence-corrected chi connectivity index (χ2v) is 6.83. The molecule has 0 fully saturated rings. The van der Waals surface area contributed by atoms with Crippen molar-refractivity contribution in [2.24, 2.45) is 5.92 Å². The van der Waals surface area contributed by atoms with Gasteiger partial charge in [0.2, 0.25) is 11.8 Å². The molecule has 3 aromatic rings. The van der Waals surface area contributed by atoms with Gasteiger partial charge in [0.15, 0.2) is 5.58 Å². The van der Waals surface area contributed by atoms with Crippen LogP contribution in [-0.2, 0) is 4.79 Å². The first-order valence-electron chi connectivity index (χ1n) is 9.39. The molecule has 0 aliphatic rings. The van der Waals surface area contributed by atoms with E-state index >= 15 is 0 Å². The van der Waals surface area contributed by atoms with Gasteiger partial charge in [0.05, 0.1) is 0 Å². The van der Waals surface area contributed by atoms with Gasteiger partial charge in [0, 0.05) is 23.2 Å². The number of nitrogens with one attached hydrogen (secondary N) is 1. The van der Waals surface area contributed by atoms with E-state index in [1.807, 2.05) is 42.5 Å². The van der Waals surface area contributed by atoms with Crippen molar-refractivity contribution in [3.8, 4) is 11.5 Å². The predicted octanol–water partition coefficient (Wildman–Crippen LogP) is 5.96. The number of rotatable bonds is 7. The summed E-state index contributed by atoms with van der Waals surface area (Å²) >= 11 is 0. The van der Waals surface area contributed by atoms with Crippen molar-refractivity contribution in [1.29, 1.82) is 0 Å². The number of benzene rings is 2. The molecule has 0 atom stereocenters. The van der Waals surface area contributed by atoms with Gasteiger partial charge in [-0.2, -0.15) is 0 Å². The number of fused-ring (bicyclic) bond motifs is 1. The van der Waals surface area contributed by atoms with Gasteiger partial charge in [-0.15, -0.1) is 0 Å². The lowest BCUT2D eigenvalue weighted by Crippen LogP contribution is -2.22. The number of aromatic nitrogens is 1. The predicted molar refractivity (Wildman–Crippen MR) is 106 cm³/mol. The van der Waals surface area contributed by atoms with Crippen LogP contribution in [0.2, 0.25) is 0 Å². The molecule has 4 nitrogen and oxygen atoms in total. The van der Waals surface area contributed by atoms with E-state index in [1.54, 1.807) is 0 Å². The molecule has 0 bridgehead atoms. The van der Waals surface area contributed by atoms with Crippen molar-refractivity contribution in [2.75, 3.05) is 5.32 Å². The second-order valence-electron chi connectivity index (χ2n) is 6.83. The molecule has 0 unspecified atom stereocenters. The van der Waals surface area contributed by atoms with Crippen molar-refractivity contribution >= 4 is 22.7 Å². The molecular weight excluding hydrogens is 324 g/mol. The summed E-state index contributed by atoms with van der Waals surface area (Å²) < 4.78 is 5.91. The van der Waals surface area contributed by atoms with E-state index in [9.17, 15) is 4.79 Å². The zero-order valence-electron chi connectivity index (χ0n) is 15.7. The number of aryl methyl sites for hydroxylation is 1. The third kappa shape index (κ3) is 4.13. The molecule has 0 aliphatic carbocycles. The number of nitrogens with zero attached hydrogens (tertiary/aromatic N) is 1. The molecule has 0 radical (unpaired) electrons. The van der Waals surface area contributed by atoms with Crippen LogP contribution in [0, 0.1) is 12.8 Å². The standard InChI is InChI=1S/C22H26N2O2/c1-4-6-16(7-5-2)21(25)23-18-12-13-19-20(14-18)26-22(24-19)17-10-8-15(3)9-11-17/h8-14,16H,4-7H2,1-3H3,(H,23,25). The van der Waals surface area contributed by atoms with Crippen LogP contribution in [0.1, 0.15) is 45.1 Å². The minimum atomic E-state index is 0.0681. The highest BCUT2D eigenvalue weighted by Crippen LogP contribution is 2.27. The molecule has 2 aromatic carbocycles. The van der Waals surface area contributed by atoms with Gasteiger partial charge < -0.3 is 9.73 Å². The smallest absolute Gasteiger partial charge is 0.227 e. The fourth-order valence-corrected chi connectivity index (χ4v) is 3.17. The highest BCUT2D eigenvalue weighted by Gasteiger charge is 2.17. The Morgan fingerprint density at radius 2 is 1.77 bits per heavy atom. The second kappa shape index (κ2) is 8.17. The minimum absolute atomic E-state index is 0.0681. The van der Waals surface area contributed by atoms with E-state index in [4.69, 9.17) is 4.42 Å². The molecule has 26 heavy (non-hydrogen) atoms. The molecule has 0 saturated carbocycles. The van der Waals surface area contributed by atoms with Crippen molar-refractivity contribution in [3.63, 3.8) is 0 Å². The molecule has 1 heterocycles. The molecule has 136 valence electrons. The van der Waals surface area contributed by atoms with Gasteiger partial charge in [0.25, 0.3) is 0 Å². The first kappa shape index (κ1) is 18.2. The zero-order chi connectivity index (χ0) is 18.5. The Bertz CT molecular complexity index is 875. The van der Waals surface area contributed by atoms with Crippen LogP contribution < -0.4 is 5.32 Å². The number of amides is 1. The summed E-state index contributed by atoms with van der Waals surface area (Å²) in [6, 6.07) is 13.7. The van der Waals surface area contributed by atoms with Crippen LogP contribution in [0.5, 0.6) is 0 Å². The Morgan fingerprint density at radius 1 is 1.08 bits per heavy atom.